The van der Waals surface area contributed by atoms with Gasteiger partial charge in [-0.25, -0.2) is 0 Å². The molecule has 1 rings (SSSR count). The van der Waals surface area contributed by atoms with E-state index in [9.17, 15) is 5.11 Å². The Morgan fingerprint density at radius 2 is 1.86 bits per heavy atom. The molecule has 0 aliphatic heterocycles. The minimum absolute atomic E-state index is 0.118. The summed E-state index contributed by atoms with van der Waals surface area (Å²) in [6, 6.07) is 0.341. The van der Waals surface area contributed by atoms with E-state index in [1.807, 2.05) is 0 Å². The van der Waals surface area contributed by atoms with Crippen LogP contribution in [0.3, 0.4) is 0 Å². The molecule has 0 heterocycles. The van der Waals surface area contributed by atoms with Crippen LogP contribution in [0.5, 0.6) is 0 Å². The highest BCUT2D eigenvalue weighted by atomic mass is 16.3. The fourth-order valence-electron chi connectivity index (χ4n) is 2.06. The van der Waals surface area contributed by atoms with Gasteiger partial charge in [0.2, 0.25) is 0 Å². The van der Waals surface area contributed by atoms with Crippen molar-refractivity contribution in [2.75, 3.05) is 13.2 Å². The third-order valence-corrected chi connectivity index (χ3v) is 2.97. The standard InChI is InChI=1S/C11H23NO2/c13-9-4-2-1-3-8-12-10-6-5-7-11(10)14/h10-14H,1-9H2/t10-,11-/m0/s1. The van der Waals surface area contributed by atoms with E-state index >= 15 is 0 Å². The van der Waals surface area contributed by atoms with E-state index in [4.69, 9.17) is 5.11 Å². The summed E-state index contributed by atoms with van der Waals surface area (Å²) in [5, 5.41) is 21.5. The lowest BCUT2D eigenvalue weighted by Crippen LogP contribution is -2.36. The first kappa shape index (κ1) is 12.0. The van der Waals surface area contributed by atoms with Gasteiger partial charge in [0.25, 0.3) is 0 Å². The Kier molecular flexibility index (Phi) is 6.15. The number of aliphatic hydroxyl groups is 2. The molecule has 0 amide bonds. The predicted octanol–water partition coefficient (Wildman–Crippen LogP) is 1.04. The monoisotopic (exact) mass is 201 g/mol. The van der Waals surface area contributed by atoms with Crippen molar-refractivity contribution in [3.63, 3.8) is 0 Å². The summed E-state index contributed by atoms with van der Waals surface area (Å²) in [5.74, 6) is 0. The number of unbranched alkanes of at least 4 members (excludes halogenated alkanes) is 3. The first-order valence-electron chi connectivity index (χ1n) is 5.87. The molecule has 84 valence electrons. The number of hydrogen-bond acceptors (Lipinski definition) is 3. The normalized spacial score (nSPS) is 27.0. The van der Waals surface area contributed by atoms with Crippen molar-refractivity contribution in [1.29, 1.82) is 0 Å². The van der Waals surface area contributed by atoms with Gasteiger partial charge in [0.1, 0.15) is 0 Å². The molecule has 1 aliphatic rings. The van der Waals surface area contributed by atoms with Gasteiger partial charge < -0.3 is 15.5 Å². The molecule has 3 N–H and O–H groups in total. The average Bonchev–Trinajstić information content (AvgIpc) is 2.58. The third-order valence-electron chi connectivity index (χ3n) is 2.97. The van der Waals surface area contributed by atoms with Crippen molar-refractivity contribution >= 4 is 0 Å². The van der Waals surface area contributed by atoms with Crippen LogP contribution in [-0.2, 0) is 0 Å². The van der Waals surface area contributed by atoms with E-state index in [0.717, 1.165) is 45.1 Å². The molecule has 3 heteroatoms. The van der Waals surface area contributed by atoms with Gasteiger partial charge in [0.05, 0.1) is 6.10 Å². The molecule has 14 heavy (non-hydrogen) atoms. The van der Waals surface area contributed by atoms with Crippen LogP contribution in [0, 0.1) is 0 Å². The van der Waals surface area contributed by atoms with Crippen molar-refractivity contribution in [3.8, 4) is 0 Å². The second-order valence-electron chi connectivity index (χ2n) is 4.20. The SMILES string of the molecule is OCCCCCCN[C@H]1CCC[C@@H]1O. The number of rotatable bonds is 7. The number of hydrogen-bond donors (Lipinski definition) is 3. The minimum atomic E-state index is -0.118. The second-order valence-corrected chi connectivity index (χ2v) is 4.20. The Morgan fingerprint density at radius 1 is 1.07 bits per heavy atom. The molecule has 0 radical (unpaired) electrons. The van der Waals surface area contributed by atoms with Crippen LogP contribution in [0.15, 0.2) is 0 Å². The van der Waals surface area contributed by atoms with Crippen molar-refractivity contribution in [1.82, 2.24) is 5.32 Å². The van der Waals surface area contributed by atoms with Gasteiger partial charge in [-0.1, -0.05) is 12.8 Å². The fourth-order valence-corrected chi connectivity index (χ4v) is 2.06. The summed E-state index contributed by atoms with van der Waals surface area (Å²) < 4.78 is 0. The summed E-state index contributed by atoms with van der Waals surface area (Å²) in [6.45, 7) is 1.32. The highest BCUT2D eigenvalue weighted by Crippen LogP contribution is 2.18. The molecule has 0 aromatic rings. The summed E-state index contributed by atoms with van der Waals surface area (Å²) >= 11 is 0. The molecule has 2 atom stereocenters. The Morgan fingerprint density at radius 3 is 2.50 bits per heavy atom. The van der Waals surface area contributed by atoms with E-state index in [1.165, 1.54) is 6.42 Å². The Bertz CT molecular complexity index is 141. The molecule has 0 spiro atoms. The molecule has 0 saturated heterocycles. The van der Waals surface area contributed by atoms with Crippen molar-refractivity contribution in [2.45, 2.75) is 57.1 Å². The molecule has 0 aromatic heterocycles. The molecule has 1 saturated carbocycles. The fraction of sp³-hybridized carbons (Fsp3) is 1.00. The van der Waals surface area contributed by atoms with E-state index in [0.29, 0.717) is 12.6 Å². The van der Waals surface area contributed by atoms with Gasteiger partial charge in [-0.05, 0) is 38.6 Å². The second kappa shape index (κ2) is 7.21. The van der Waals surface area contributed by atoms with E-state index in [2.05, 4.69) is 5.32 Å². The number of nitrogens with one attached hydrogen (secondary N) is 1. The lowest BCUT2D eigenvalue weighted by molar-refractivity contribution is 0.149. The molecular weight excluding hydrogens is 178 g/mol. The van der Waals surface area contributed by atoms with Gasteiger partial charge in [-0.15, -0.1) is 0 Å². The van der Waals surface area contributed by atoms with Crippen LogP contribution >= 0.6 is 0 Å². The number of aliphatic hydroxyl groups excluding tert-OH is 2. The van der Waals surface area contributed by atoms with Crippen LogP contribution < -0.4 is 5.32 Å². The predicted molar refractivity (Wildman–Crippen MR) is 57.2 cm³/mol. The zero-order valence-corrected chi connectivity index (χ0v) is 8.91. The zero-order valence-electron chi connectivity index (χ0n) is 8.91. The molecule has 0 bridgehead atoms. The van der Waals surface area contributed by atoms with Crippen LogP contribution in [0.2, 0.25) is 0 Å². The highest BCUT2D eigenvalue weighted by Gasteiger charge is 2.23. The van der Waals surface area contributed by atoms with Crippen LogP contribution in [0.25, 0.3) is 0 Å². The zero-order chi connectivity index (χ0) is 10.2. The van der Waals surface area contributed by atoms with Gasteiger partial charge in [0.15, 0.2) is 0 Å². The maximum absolute atomic E-state index is 9.53. The Hall–Kier alpha value is -0.120. The molecular formula is C11H23NO2. The van der Waals surface area contributed by atoms with E-state index in [1.54, 1.807) is 0 Å². The average molecular weight is 201 g/mol. The summed E-state index contributed by atoms with van der Waals surface area (Å²) in [7, 11) is 0. The maximum atomic E-state index is 9.53. The third kappa shape index (κ3) is 4.40. The van der Waals surface area contributed by atoms with Crippen LogP contribution in [0.1, 0.15) is 44.9 Å². The Labute approximate surface area is 86.5 Å². The molecule has 1 aliphatic carbocycles. The minimum Gasteiger partial charge on any atom is -0.396 e. The topological polar surface area (TPSA) is 52.5 Å². The smallest absolute Gasteiger partial charge is 0.0693 e. The summed E-state index contributed by atoms with van der Waals surface area (Å²) in [5.41, 5.74) is 0. The van der Waals surface area contributed by atoms with E-state index < -0.39 is 0 Å². The van der Waals surface area contributed by atoms with Crippen LogP contribution in [0.4, 0.5) is 0 Å². The van der Waals surface area contributed by atoms with Gasteiger partial charge in [0, 0.05) is 12.6 Å². The van der Waals surface area contributed by atoms with Gasteiger partial charge in [-0.2, -0.15) is 0 Å². The van der Waals surface area contributed by atoms with Gasteiger partial charge in [-0.3, -0.25) is 0 Å². The molecule has 1 fully saturated rings. The van der Waals surface area contributed by atoms with Gasteiger partial charge >= 0.3 is 0 Å². The molecule has 0 unspecified atom stereocenters. The van der Waals surface area contributed by atoms with Crippen LogP contribution in [-0.4, -0.2) is 35.5 Å². The largest absolute Gasteiger partial charge is 0.396 e. The quantitative estimate of drug-likeness (QED) is 0.539. The lowest BCUT2D eigenvalue weighted by atomic mass is 10.1. The first-order chi connectivity index (χ1) is 6.84. The molecule has 3 nitrogen and oxygen atoms in total. The van der Waals surface area contributed by atoms with Crippen molar-refractivity contribution < 1.29 is 10.2 Å². The summed E-state index contributed by atoms with van der Waals surface area (Å²) in [6.07, 6.45) is 7.49. The first-order valence-corrected chi connectivity index (χ1v) is 5.87. The van der Waals surface area contributed by atoms with E-state index in [-0.39, 0.29) is 6.10 Å². The molecule has 0 aromatic carbocycles. The van der Waals surface area contributed by atoms with Crippen molar-refractivity contribution in [2.24, 2.45) is 0 Å². The Balaban J connectivity index is 1.88. The lowest BCUT2D eigenvalue weighted by Gasteiger charge is -2.15. The maximum Gasteiger partial charge on any atom is 0.0693 e. The van der Waals surface area contributed by atoms with Crippen molar-refractivity contribution in [3.05, 3.63) is 0 Å². The highest BCUT2D eigenvalue weighted by molar-refractivity contribution is 4.82. The summed E-state index contributed by atoms with van der Waals surface area (Å²) in [4.78, 5) is 0.